The third kappa shape index (κ3) is 11.0. The van der Waals surface area contributed by atoms with E-state index in [1.165, 1.54) is 30.0 Å². The van der Waals surface area contributed by atoms with Crippen LogP contribution in [0.15, 0.2) is 10.4 Å². The SMILES string of the molecule is CC(=O)N[C@H](CC(N)=O)C(=O)N[C@@H](C)CCC(=O)CC(=O)NC1(C(=O)CC(=O)NCc2nc(C3=N[C@H](C(=O)O)CS3)cs2)CC1. The number of primary amides is 1. The number of carbonyl (C=O) groups excluding carboxylic acids is 7. The zero-order valence-electron chi connectivity index (χ0n) is 24.7. The van der Waals surface area contributed by atoms with Crippen molar-refractivity contribution in [2.75, 3.05) is 5.75 Å². The quantitative estimate of drug-likeness (QED) is 0.103. The van der Waals surface area contributed by atoms with E-state index in [0.29, 0.717) is 34.3 Å². The predicted molar refractivity (Wildman–Crippen MR) is 162 cm³/mol. The second-order valence-corrected chi connectivity index (χ2v) is 12.8. The van der Waals surface area contributed by atoms with Crippen molar-refractivity contribution in [2.45, 2.75) is 89.0 Å². The average molecular weight is 666 g/mol. The van der Waals surface area contributed by atoms with Crippen LogP contribution >= 0.6 is 23.1 Å². The van der Waals surface area contributed by atoms with E-state index in [-0.39, 0.29) is 25.8 Å². The molecule has 0 bridgehead atoms. The Hall–Kier alpha value is -4.19. The Morgan fingerprint density at radius 1 is 1.09 bits per heavy atom. The molecule has 3 rings (SSSR count). The van der Waals surface area contributed by atoms with Crippen LogP contribution in [0.4, 0.5) is 0 Å². The van der Waals surface area contributed by atoms with E-state index in [0.717, 1.165) is 0 Å². The summed E-state index contributed by atoms with van der Waals surface area (Å²) in [6.45, 7) is 2.87. The average Bonchev–Trinajstić information content (AvgIpc) is 3.32. The molecule has 1 aromatic heterocycles. The van der Waals surface area contributed by atoms with Crippen LogP contribution in [0.25, 0.3) is 0 Å². The van der Waals surface area contributed by atoms with Gasteiger partial charge in [-0.05, 0) is 26.2 Å². The van der Waals surface area contributed by atoms with Crippen LogP contribution in [0.2, 0.25) is 0 Å². The zero-order valence-corrected chi connectivity index (χ0v) is 26.3. The molecule has 1 aliphatic heterocycles. The summed E-state index contributed by atoms with van der Waals surface area (Å²) in [5.74, 6) is -4.71. The summed E-state index contributed by atoms with van der Waals surface area (Å²) in [7, 11) is 0. The molecule has 3 atom stereocenters. The Kier molecular flexibility index (Phi) is 12.3. The number of carbonyl (C=O) groups is 8. The van der Waals surface area contributed by atoms with Gasteiger partial charge in [0.05, 0.1) is 31.3 Å². The lowest BCUT2D eigenvalue weighted by Gasteiger charge is -2.20. The van der Waals surface area contributed by atoms with Crippen LogP contribution in [0.5, 0.6) is 0 Å². The van der Waals surface area contributed by atoms with Gasteiger partial charge in [0.25, 0.3) is 0 Å². The molecule has 5 amide bonds. The first-order valence-corrected chi connectivity index (χ1v) is 15.9. The Balaban J connectivity index is 1.38. The lowest BCUT2D eigenvalue weighted by atomic mass is 10.0. The number of ketones is 2. The standard InChI is InChI=1S/C27H35N7O9S2/c1-13(30-24(41)16(8-20(28)38)31-14(2)35)3-4-15(36)7-22(40)34-27(5-6-27)19(37)9-21(39)29-10-23-32-17(11-44-23)25-33-18(12-45-25)26(42)43/h11,13,16,18H,3-10,12H2,1-2H3,(H2,28,38)(H,29,39)(H,30,41)(H,31,35)(H,34,40)(H,42,43)/t13-,16+,18-/m0/s1. The van der Waals surface area contributed by atoms with Crippen LogP contribution in [0.3, 0.4) is 0 Å². The fourth-order valence-corrected chi connectivity index (χ4v) is 6.09. The number of nitrogens with two attached hydrogens (primary N) is 1. The smallest absolute Gasteiger partial charge is 0.329 e. The number of Topliss-reactive ketones (excluding diaryl/α,β-unsaturated/α-hetero) is 2. The fraction of sp³-hybridized carbons (Fsp3) is 0.556. The highest BCUT2D eigenvalue weighted by molar-refractivity contribution is 8.14. The maximum absolute atomic E-state index is 12.8. The minimum absolute atomic E-state index is 0.0521. The normalized spacial score (nSPS) is 17.6. The molecule has 7 N–H and O–H groups in total. The van der Waals surface area contributed by atoms with Gasteiger partial charge in [-0.2, -0.15) is 0 Å². The number of carboxylic acids is 1. The van der Waals surface area contributed by atoms with E-state index < -0.39 is 83.6 Å². The van der Waals surface area contributed by atoms with E-state index >= 15 is 0 Å². The number of nitrogens with one attached hydrogen (secondary N) is 4. The van der Waals surface area contributed by atoms with Gasteiger partial charge in [-0.1, -0.05) is 0 Å². The van der Waals surface area contributed by atoms with Crippen LogP contribution < -0.4 is 27.0 Å². The van der Waals surface area contributed by atoms with Crippen molar-refractivity contribution in [1.82, 2.24) is 26.3 Å². The number of carboxylic acid groups (broad SMARTS) is 1. The topological polar surface area (TPSA) is 256 Å². The fourth-order valence-electron chi connectivity index (χ4n) is 4.31. The molecule has 0 radical (unpaired) electrons. The number of hydrogen-bond acceptors (Lipinski definition) is 12. The van der Waals surface area contributed by atoms with Crippen molar-refractivity contribution in [3.8, 4) is 0 Å². The summed E-state index contributed by atoms with van der Waals surface area (Å²) < 4.78 is 0. The minimum Gasteiger partial charge on any atom is -0.480 e. The van der Waals surface area contributed by atoms with Crippen molar-refractivity contribution in [2.24, 2.45) is 10.7 Å². The molecule has 0 spiro atoms. The molecule has 0 unspecified atom stereocenters. The number of nitrogens with zero attached hydrogens (tertiary/aromatic N) is 2. The van der Waals surface area contributed by atoms with Gasteiger partial charge in [0.1, 0.15) is 27.6 Å². The monoisotopic (exact) mass is 665 g/mol. The summed E-state index contributed by atoms with van der Waals surface area (Å²) in [6.07, 6.45) is -0.528. The lowest BCUT2D eigenvalue weighted by molar-refractivity contribution is -0.138. The Morgan fingerprint density at radius 3 is 2.40 bits per heavy atom. The van der Waals surface area contributed by atoms with E-state index in [1.54, 1.807) is 12.3 Å². The number of amides is 5. The molecule has 1 aromatic rings. The molecule has 0 aromatic carbocycles. The zero-order chi connectivity index (χ0) is 33.3. The number of rotatable bonds is 18. The first-order valence-electron chi connectivity index (χ1n) is 14.0. The molecule has 1 saturated carbocycles. The molecule has 2 aliphatic rings. The first kappa shape index (κ1) is 35.3. The van der Waals surface area contributed by atoms with Crippen LogP contribution in [0, 0.1) is 0 Å². The molecule has 1 aliphatic carbocycles. The number of thiazole rings is 1. The maximum atomic E-state index is 12.8. The van der Waals surface area contributed by atoms with Gasteiger partial charge in [0.15, 0.2) is 11.8 Å². The van der Waals surface area contributed by atoms with Crippen molar-refractivity contribution >= 4 is 75.2 Å². The number of aromatic nitrogens is 1. The molecular formula is C27H35N7O9S2. The first-order chi connectivity index (χ1) is 21.2. The largest absolute Gasteiger partial charge is 0.480 e. The summed E-state index contributed by atoms with van der Waals surface area (Å²) in [4.78, 5) is 105. The van der Waals surface area contributed by atoms with Gasteiger partial charge in [0.2, 0.25) is 29.5 Å². The van der Waals surface area contributed by atoms with Gasteiger partial charge < -0.3 is 32.1 Å². The van der Waals surface area contributed by atoms with E-state index in [4.69, 9.17) is 10.8 Å². The van der Waals surface area contributed by atoms with E-state index in [9.17, 15) is 38.4 Å². The molecule has 0 saturated heterocycles. The molecule has 45 heavy (non-hydrogen) atoms. The Morgan fingerprint density at radius 2 is 1.80 bits per heavy atom. The van der Waals surface area contributed by atoms with E-state index in [1.807, 2.05) is 0 Å². The summed E-state index contributed by atoms with van der Waals surface area (Å²) in [6, 6.07) is -2.48. The highest BCUT2D eigenvalue weighted by Crippen LogP contribution is 2.37. The molecule has 2 heterocycles. The summed E-state index contributed by atoms with van der Waals surface area (Å²) >= 11 is 2.55. The van der Waals surface area contributed by atoms with Crippen LogP contribution in [0.1, 0.15) is 69.5 Å². The minimum atomic E-state index is -1.19. The van der Waals surface area contributed by atoms with Gasteiger partial charge in [-0.15, -0.1) is 23.1 Å². The second kappa shape index (κ2) is 15.7. The molecule has 1 fully saturated rings. The highest BCUT2D eigenvalue weighted by Gasteiger charge is 2.51. The predicted octanol–water partition coefficient (Wildman–Crippen LogP) is -1.06. The second-order valence-electron chi connectivity index (χ2n) is 10.8. The molecule has 18 heteroatoms. The van der Waals surface area contributed by atoms with E-state index in [2.05, 4.69) is 31.2 Å². The summed E-state index contributed by atoms with van der Waals surface area (Å²) in [5, 5.41) is 22.0. The number of aliphatic carboxylic acids is 1. The van der Waals surface area contributed by atoms with Gasteiger partial charge in [-0.3, -0.25) is 38.6 Å². The third-order valence-corrected chi connectivity index (χ3v) is 8.75. The van der Waals surface area contributed by atoms with Crippen LogP contribution in [-0.2, 0) is 44.9 Å². The van der Waals surface area contributed by atoms with Crippen molar-refractivity contribution in [1.29, 1.82) is 0 Å². The van der Waals surface area contributed by atoms with Crippen molar-refractivity contribution < 1.29 is 43.5 Å². The van der Waals surface area contributed by atoms with Crippen LogP contribution in [-0.4, -0.2) is 91.6 Å². The Bertz CT molecular complexity index is 1390. The Labute approximate surface area is 266 Å². The van der Waals surface area contributed by atoms with Crippen molar-refractivity contribution in [3.63, 3.8) is 0 Å². The number of aliphatic imine (C=N–C) groups is 1. The molecule has 244 valence electrons. The van der Waals surface area contributed by atoms with Crippen molar-refractivity contribution in [3.05, 3.63) is 16.1 Å². The molecular weight excluding hydrogens is 630 g/mol. The number of thioether (sulfide) groups is 1. The maximum Gasteiger partial charge on any atom is 0.329 e. The molecule has 16 nitrogen and oxygen atoms in total. The lowest BCUT2D eigenvalue weighted by Crippen LogP contribution is -2.50. The summed E-state index contributed by atoms with van der Waals surface area (Å²) in [5.41, 5.74) is 4.46. The highest BCUT2D eigenvalue weighted by atomic mass is 32.2. The number of hydrogen-bond donors (Lipinski definition) is 6. The van der Waals surface area contributed by atoms with Gasteiger partial charge >= 0.3 is 5.97 Å². The van der Waals surface area contributed by atoms with Gasteiger partial charge in [-0.25, -0.2) is 9.78 Å². The third-order valence-electron chi connectivity index (χ3n) is 6.83. The van der Waals surface area contributed by atoms with Gasteiger partial charge in [0, 0.05) is 30.5 Å².